The summed E-state index contributed by atoms with van der Waals surface area (Å²) in [5.74, 6) is -0.531. The van der Waals surface area contributed by atoms with Crippen molar-refractivity contribution in [2.24, 2.45) is 5.92 Å². The molecule has 2 heteroatoms. The predicted molar refractivity (Wildman–Crippen MR) is 108 cm³/mol. The third-order valence-corrected chi connectivity index (χ3v) is 5.79. The zero-order valence-corrected chi connectivity index (χ0v) is 16.8. The summed E-state index contributed by atoms with van der Waals surface area (Å²) in [6.45, 7) is 4.41. The van der Waals surface area contributed by atoms with Crippen molar-refractivity contribution in [2.45, 2.75) is 97.3 Å². The molecule has 1 unspecified atom stereocenters. The quantitative estimate of drug-likeness (QED) is 0.348. The summed E-state index contributed by atoms with van der Waals surface area (Å²) in [6, 6.07) is 3.62. The molecule has 0 N–H and O–H groups in total. The molecule has 1 atom stereocenters. The number of hydrogen-bond donors (Lipinski definition) is 0. The van der Waals surface area contributed by atoms with Gasteiger partial charge in [-0.25, -0.2) is 8.78 Å². The molecular weight excluding hydrogens is 326 g/mol. The minimum Gasteiger partial charge on any atom is -0.203 e. The maximum atomic E-state index is 14.6. The van der Waals surface area contributed by atoms with E-state index in [4.69, 9.17) is 0 Å². The lowest BCUT2D eigenvalue weighted by Gasteiger charge is -2.22. The van der Waals surface area contributed by atoms with Crippen LogP contribution in [0.3, 0.4) is 0 Å². The van der Waals surface area contributed by atoms with Gasteiger partial charge in [0, 0.05) is 5.56 Å². The number of aryl methyl sites for hydroxylation is 1. The lowest BCUT2D eigenvalue weighted by molar-refractivity contribution is 0.427. The average Bonchev–Trinajstić information content (AvgIpc) is 2.66. The average molecular weight is 363 g/mol. The summed E-state index contributed by atoms with van der Waals surface area (Å²) in [6.07, 6.45) is 16.6. The lowest BCUT2D eigenvalue weighted by atomic mass is 9.83. The summed E-state index contributed by atoms with van der Waals surface area (Å²) in [4.78, 5) is 0. The van der Waals surface area contributed by atoms with Crippen molar-refractivity contribution >= 4 is 5.57 Å². The van der Waals surface area contributed by atoms with E-state index in [0.717, 1.165) is 43.6 Å². The molecule has 0 saturated carbocycles. The van der Waals surface area contributed by atoms with E-state index >= 15 is 0 Å². The maximum absolute atomic E-state index is 14.6. The first-order valence-electron chi connectivity index (χ1n) is 10.8. The van der Waals surface area contributed by atoms with Crippen molar-refractivity contribution in [3.8, 4) is 0 Å². The van der Waals surface area contributed by atoms with Gasteiger partial charge in [0.25, 0.3) is 0 Å². The second kappa shape index (κ2) is 11.5. The third-order valence-electron chi connectivity index (χ3n) is 5.79. The summed E-state index contributed by atoms with van der Waals surface area (Å²) in [7, 11) is 0. The van der Waals surface area contributed by atoms with Gasteiger partial charge in [-0.15, -0.1) is 0 Å². The Morgan fingerprint density at radius 1 is 0.885 bits per heavy atom. The highest BCUT2D eigenvalue weighted by molar-refractivity contribution is 5.67. The van der Waals surface area contributed by atoms with Gasteiger partial charge in [0.15, 0.2) is 11.6 Å². The van der Waals surface area contributed by atoms with Crippen LogP contribution in [-0.4, -0.2) is 0 Å². The summed E-state index contributed by atoms with van der Waals surface area (Å²) in [5, 5.41) is 0. The fraction of sp³-hybridized carbons (Fsp3) is 0.667. The van der Waals surface area contributed by atoms with Gasteiger partial charge in [-0.05, 0) is 49.2 Å². The Balaban J connectivity index is 1.93. The van der Waals surface area contributed by atoms with Gasteiger partial charge in [0.2, 0.25) is 0 Å². The topological polar surface area (TPSA) is 0 Å². The molecule has 146 valence electrons. The van der Waals surface area contributed by atoms with Crippen LogP contribution in [0, 0.1) is 17.6 Å². The minimum absolute atomic E-state index is 0.490. The molecule has 1 aliphatic carbocycles. The van der Waals surface area contributed by atoms with Gasteiger partial charge < -0.3 is 0 Å². The van der Waals surface area contributed by atoms with Crippen molar-refractivity contribution in [3.05, 3.63) is 41.0 Å². The van der Waals surface area contributed by atoms with E-state index in [0.29, 0.717) is 17.5 Å². The number of unbranched alkanes of at least 4 members (excludes halogenated alkanes) is 6. The van der Waals surface area contributed by atoms with Gasteiger partial charge in [-0.3, -0.25) is 0 Å². The highest BCUT2D eigenvalue weighted by atomic mass is 19.2. The Bertz CT molecular complexity index is 574. The monoisotopic (exact) mass is 362 g/mol. The molecule has 2 rings (SSSR count). The molecule has 1 aromatic carbocycles. The Hall–Kier alpha value is -1.18. The van der Waals surface area contributed by atoms with Crippen LogP contribution in [0.25, 0.3) is 5.57 Å². The van der Waals surface area contributed by atoms with Gasteiger partial charge in [0.1, 0.15) is 0 Å². The second-order valence-corrected chi connectivity index (χ2v) is 7.93. The van der Waals surface area contributed by atoms with E-state index in [2.05, 4.69) is 19.9 Å². The second-order valence-electron chi connectivity index (χ2n) is 7.93. The normalized spacial score (nSPS) is 17.4. The zero-order valence-electron chi connectivity index (χ0n) is 16.8. The molecule has 1 aliphatic rings. The van der Waals surface area contributed by atoms with E-state index in [1.54, 1.807) is 0 Å². The number of benzene rings is 1. The molecule has 1 aromatic rings. The lowest BCUT2D eigenvalue weighted by Crippen LogP contribution is -2.07. The zero-order chi connectivity index (χ0) is 18.8. The molecule has 0 aromatic heterocycles. The molecule has 0 amide bonds. The predicted octanol–water partition coefficient (Wildman–Crippen LogP) is 8.24. The summed E-state index contributed by atoms with van der Waals surface area (Å²) in [5.41, 5.74) is 2.03. The van der Waals surface area contributed by atoms with E-state index in [9.17, 15) is 8.78 Å². The highest BCUT2D eigenvalue weighted by Crippen LogP contribution is 2.35. The Morgan fingerprint density at radius 3 is 2.31 bits per heavy atom. The fourth-order valence-corrected chi connectivity index (χ4v) is 4.03. The molecule has 26 heavy (non-hydrogen) atoms. The molecule has 0 heterocycles. The number of halogens is 2. The van der Waals surface area contributed by atoms with Crippen LogP contribution >= 0.6 is 0 Å². The fourth-order valence-electron chi connectivity index (χ4n) is 4.03. The third kappa shape index (κ3) is 6.21. The molecule has 0 radical (unpaired) electrons. The first-order valence-corrected chi connectivity index (χ1v) is 10.8. The van der Waals surface area contributed by atoms with Crippen LogP contribution in [0.4, 0.5) is 8.78 Å². The van der Waals surface area contributed by atoms with Crippen LogP contribution in [-0.2, 0) is 6.42 Å². The first kappa shape index (κ1) is 21.1. The SMILES string of the molecule is CCCCCCCc1ccc(C2=CCC(CCCCC)CC2)c(F)c1F. The first-order chi connectivity index (χ1) is 12.7. The number of hydrogen-bond acceptors (Lipinski definition) is 0. The standard InChI is InChI=1S/C24H36F2/c1-3-5-7-8-10-12-21-17-18-22(24(26)23(21)25)20-15-13-19(14-16-20)11-9-6-4-2/h15,17-19H,3-14,16H2,1-2H3. The summed E-state index contributed by atoms with van der Waals surface area (Å²) >= 11 is 0. The largest absolute Gasteiger partial charge is 0.203 e. The molecular formula is C24H36F2. The van der Waals surface area contributed by atoms with Gasteiger partial charge in [-0.1, -0.05) is 83.4 Å². The molecule has 0 saturated heterocycles. The van der Waals surface area contributed by atoms with Crippen LogP contribution in [0.15, 0.2) is 18.2 Å². The van der Waals surface area contributed by atoms with Crippen LogP contribution in [0.5, 0.6) is 0 Å². The van der Waals surface area contributed by atoms with Crippen LogP contribution < -0.4 is 0 Å². The van der Waals surface area contributed by atoms with Crippen LogP contribution in [0.1, 0.15) is 102 Å². The molecule has 0 bridgehead atoms. The molecule has 0 fully saturated rings. The van der Waals surface area contributed by atoms with Gasteiger partial charge >= 0.3 is 0 Å². The Labute approximate surface area is 159 Å². The van der Waals surface area contributed by atoms with E-state index in [1.165, 1.54) is 44.9 Å². The van der Waals surface area contributed by atoms with E-state index in [1.807, 2.05) is 12.1 Å². The van der Waals surface area contributed by atoms with Crippen molar-refractivity contribution < 1.29 is 8.78 Å². The van der Waals surface area contributed by atoms with Crippen LogP contribution in [0.2, 0.25) is 0 Å². The van der Waals surface area contributed by atoms with Crippen molar-refractivity contribution in [3.63, 3.8) is 0 Å². The van der Waals surface area contributed by atoms with Crippen molar-refractivity contribution in [1.82, 2.24) is 0 Å². The molecule has 0 spiro atoms. The van der Waals surface area contributed by atoms with Gasteiger partial charge in [0.05, 0.1) is 0 Å². The van der Waals surface area contributed by atoms with Gasteiger partial charge in [-0.2, -0.15) is 0 Å². The Morgan fingerprint density at radius 2 is 1.62 bits per heavy atom. The van der Waals surface area contributed by atoms with E-state index in [-0.39, 0.29) is 0 Å². The number of allylic oxidation sites excluding steroid dienone is 2. The number of rotatable bonds is 11. The summed E-state index contributed by atoms with van der Waals surface area (Å²) < 4.78 is 29.1. The Kier molecular flexibility index (Phi) is 9.36. The highest BCUT2D eigenvalue weighted by Gasteiger charge is 2.20. The van der Waals surface area contributed by atoms with Crippen molar-refractivity contribution in [2.75, 3.05) is 0 Å². The smallest absolute Gasteiger partial charge is 0.166 e. The molecule has 0 aliphatic heterocycles. The maximum Gasteiger partial charge on any atom is 0.166 e. The van der Waals surface area contributed by atoms with E-state index < -0.39 is 11.6 Å². The van der Waals surface area contributed by atoms with Crippen molar-refractivity contribution in [1.29, 1.82) is 0 Å². The minimum atomic E-state index is -0.633. The molecule has 0 nitrogen and oxygen atoms in total.